The van der Waals surface area contributed by atoms with Crippen LogP contribution in [0, 0.1) is 6.92 Å². The number of aryl methyl sites for hydroxylation is 1. The summed E-state index contributed by atoms with van der Waals surface area (Å²) in [5.74, 6) is -0.789. The molecule has 0 aromatic heterocycles. The summed E-state index contributed by atoms with van der Waals surface area (Å²) in [4.78, 5) is 11.2. The van der Waals surface area contributed by atoms with Crippen molar-refractivity contribution < 1.29 is 22.1 Å². The molecule has 0 radical (unpaired) electrons. The molecule has 132 valence electrons. The molecule has 5 nitrogen and oxygen atoms in total. The van der Waals surface area contributed by atoms with Crippen LogP contribution in [0.5, 0.6) is 0 Å². The Morgan fingerprint density at radius 1 is 1.04 bits per heavy atom. The van der Waals surface area contributed by atoms with Crippen molar-refractivity contribution in [3.63, 3.8) is 0 Å². The van der Waals surface area contributed by atoms with E-state index in [1.165, 1.54) is 19.1 Å². The van der Waals surface area contributed by atoms with E-state index in [0.717, 1.165) is 16.6 Å². The molecule has 0 aliphatic carbocycles. The van der Waals surface area contributed by atoms with Crippen LogP contribution in [-0.2, 0) is 23.8 Å². The molecule has 1 atom stereocenters. The first-order valence-electron chi connectivity index (χ1n) is 7.94. The van der Waals surface area contributed by atoms with Gasteiger partial charge >= 0.3 is 5.97 Å². The van der Waals surface area contributed by atoms with Crippen LogP contribution in [0.2, 0.25) is 0 Å². The van der Waals surface area contributed by atoms with Gasteiger partial charge in [-0.25, -0.2) is 0 Å². The number of esters is 1. The van der Waals surface area contributed by atoms with Gasteiger partial charge < -0.3 is 4.74 Å². The zero-order valence-electron chi connectivity index (χ0n) is 14.6. The van der Waals surface area contributed by atoms with Crippen molar-refractivity contribution in [3.8, 4) is 0 Å². The van der Waals surface area contributed by atoms with Gasteiger partial charge in [-0.3, -0.25) is 8.98 Å². The molecule has 0 fully saturated rings. The van der Waals surface area contributed by atoms with E-state index in [2.05, 4.69) is 0 Å². The predicted octanol–water partition coefficient (Wildman–Crippen LogP) is 1.31. The third kappa shape index (κ3) is 5.72. The lowest BCUT2D eigenvalue weighted by Gasteiger charge is -2.17. The van der Waals surface area contributed by atoms with Gasteiger partial charge in [0.1, 0.15) is 14.5 Å². The van der Waals surface area contributed by atoms with Crippen molar-refractivity contribution in [2.75, 3.05) is 13.2 Å². The van der Waals surface area contributed by atoms with Gasteiger partial charge in [0, 0.05) is 12.8 Å². The highest BCUT2D eigenvalue weighted by atomic mass is 32.2. The van der Waals surface area contributed by atoms with E-state index in [0.29, 0.717) is 0 Å². The van der Waals surface area contributed by atoms with E-state index in [-0.39, 0.29) is 24.0 Å². The minimum atomic E-state index is -3.87. The van der Waals surface area contributed by atoms with Gasteiger partial charge in [0.05, 0.1) is 11.5 Å². The molecular formula is C18H21BO5S. The third-order valence-electron chi connectivity index (χ3n) is 3.77. The number of benzene rings is 2. The van der Waals surface area contributed by atoms with E-state index < -0.39 is 16.1 Å². The number of rotatable bonds is 7. The summed E-state index contributed by atoms with van der Waals surface area (Å²) in [6.07, 6.45) is 0. The van der Waals surface area contributed by atoms with Crippen LogP contribution in [0.3, 0.4) is 0 Å². The molecule has 2 rings (SSSR count). The molecule has 0 saturated carbocycles. The molecule has 0 aliphatic rings. The van der Waals surface area contributed by atoms with Crippen molar-refractivity contribution >= 4 is 29.4 Å². The average molecular weight is 360 g/mol. The van der Waals surface area contributed by atoms with Crippen LogP contribution >= 0.6 is 0 Å². The molecule has 0 bridgehead atoms. The minimum Gasteiger partial charge on any atom is -0.465 e. The lowest BCUT2D eigenvalue weighted by molar-refractivity contribution is -0.141. The normalized spacial score (nSPS) is 12.6. The summed E-state index contributed by atoms with van der Waals surface area (Å²) in [6, 6.07) is 14.1. The second kappa shape index (κ2) is 8.31. The zero-order valence-corrected chi connectivity index (χ0v) is 15.4. The Balaban J connectivity index is 2.14. The van der Waals surface area contributed by atoms with E-state index in [9.17, 15) is 13.2 Å². The SMILES string of the molecule is Bc1ccc(C(COC(C)=O)COS(=O)(=O)c2ccc(C)cc2)cc1. The van der Waals surface area contributed by atoms with Crippen LogP contribution < -0.4 is 5.46 Å². The molecule has 1 unspecified atom stereocenters. The molecule has 0 aliphatic heterocycles. The first kappa shape index (κ1) is 19.2. The molecule has 0 heterocycles. The summed E-state index contributed by atoms with van der Waals surface area (Å²) in [5, 5.41) is 0. The van der Waals surface area contributed by atoms with Gasteiger partial charge in [0.15, 0.2) is 0 Å². The molecule has 0 N–H and O–H groups in total. The molecule has 0 saturated heterocycles. The van der Waals surface area contributed by atoms with Gasteiger partial charge in [0.25, 0.3) is 10.1 Å². The molecule has 0 amide bonds. The van der Waals surface area contributed by atoms with Gasteiger partial charge in [-0.2, -0.15) is 8.42 Å². The number of hydrogen-bond donors (Lipinski definition) is 0. The standard InChI is InChI=1S/C18H21BO5S/c1-13-3-9-18(10-4-13)25(21,22)24-12-16(11-23-14(2)20)15-5-7-17(19)8-6-15/h3-10,16H,11-12,19H2,1-2H3. The van der Waals surface area contributed by atoms with E-state index >= 15 is 0 Å². The second-order valence-electron chi connectivity index (χ2n) is 5.96. The highest BCUT2D eigenvalue weighted by Gasteiger charge is 2.20. The Kier molecular flexibility index (Phi) is 6.39. The predicted molar refractivity (Wildman–Crippen MR) is 98.3 cm³/mol. The highest BCUT2D eigenvalue weighted by Crippen LogP contribution is 2.20. The fourth-order valence-corrected chi connectivity index (χ4v) is 3.19. The maximum absolute atomic E-state index is 12.3. The van der Waals surface area contributed by atoms with Crippen molar-refractivity contribution in [1.82, 2.24) is 0 Å². The van der Waals surface area contributed by atoms with Gasteiger partial charge in [-0.05, 0) is 24.6 Å². The summed E-state index contributed by atoms with van der Waals surface area (Å²) in [5.41, 5.74) is 2.90. The number of carbonyl (C=O) groups excluding carboxylic acids is 1. The number of ether oxygens (including phenoxy) is 1. The molecule has 7 heteroatoms. The van der Waals surface area contributed by atoms with Crippen molar-refractivity contribution in [2.45, 2.75) is 24.7 Å². The minimum absolute atomic E-state index is 0.0574. The molecule has 0 spiro atoms. The lowest BCUT2D eigenvalue weighted by atomic mass is 9.92. The Labute approximate surface area is 149 Å². The van der Waals surface area contributed by atoms with E-state index in [1.54, 1.807) is 12.1 Å². The van der Waals surface area contributed by atoms with Crippen LogP contribution in [0.1, 0.15) is 24.0 Å². The lowest BCUT2D eigenvalue weighted by Crippen LogP contribution is -2.19. The fraction of sp³-hybridized carbons (Fsp3) is 0.278. The summed E-state index contributed by atoms with van der Waals surface area (Å²) < 4.78 is 35.0. The summed E-state index contributed by atoms with van der Waals surface area (Å²) in [7, 11) is -1.91. The average Bonchev–Trinajstić information content (AvgIpc) is 2.56. The zero-order chi connectivity index (χ0) is 18.4. The first-order valence-corrected chi connectivity index (χ1v) is 9.35. The van der Waals surface area contributed by atoms with Crippen LogP contribution in [0.15, 0.2) is 53.4 Å². The number of hydrogen-bond acceptors (Lipinski definition) is 5. The van der Waals surface area contributed by atoms with E-state index in [1.807, 2.05) is 39.0 Å². The van der Waals surface area contributed by atoms with Crippen molar-refractivity contribution in [2.24, 2.45) is 0 Å². The largest absolute Gasteiger partial charge is 0.465 e. The van der Waals surface area contributed by atoms with Gasteiger partial charge in [0.2, 0.25) is 0 Å². The summed E-state index contributed by atoms with van der Waals surface area (Å²) in [6.45, 7) is 3.15. The monoisotopic (exact) mass is 360 g/mol. The molecule has 2 aromatic rings. The van der Waals surface area contributed by atoms with Crippen LogP contribution in [0.4, 0.5) is 0 Å². The number of carbonyl (C=O) groups is 1. The Morgan fingerprint density at radius 2 is 1.64 bits per heavy atom. The Hall–Kier alpha value is -2.12. The molecule has 25 heavy (non-hydrogen) atoms. The van der Waals surface area contributed by atoms with E-state index in [4.69, 9.17) is 8.92 Å². The second-order valence-corrected chi connectivity index (χ2v) is 7.58. The first-order chi connectivity index (χ1) is 11.8. The highest BCUT2D eigenvalue weighted by molar-refractivity contribution is 7.86. The third-order valence-corrected chi connectivity index (χ3v) is 5.07. The Morgan fingerprint density at radius 3 is 2.20 bits per heavy atom. The fourth-order valence-electron chi connectivity index (χ4n) is 2.24. The Bertz CT molecular complexity index is 814. The van der Waals surface area contributed by atoms with Crippen LogP contribution in [0.25, 0.3) is 0 Å². The van der Waals surface area contributed by atoms with Gasteiger partial charge in [-0.15, -0.1) is 0 Å². The maximum Gasteiger partial charge on any atom is 0.302 e. The summed E-state index contributed by atoms with van der Waals surface area (Å²) >= 11 is 0. The maximum atomic E-state index is 12.3. The topological polar surface area (TPSA) is 69.7 Å². The van der Waals surface area contributed by atoms with Gasteiger partial charge in [-0.1, -0.05) is 47.4 Å². The quantitative estimate of drug-likeness (QED) is 0.423. The van der Waals surface area contributed by atoms with Crippen LogP contribution in [-0.4, -0.2) is 35.4 Å². The molecule has 2 aromatic carbocycles. The smallest absolute Gasteiger partial charge is 0.302 e. The van der Waals surface area contributed by atoms with Crippen molar-refractivity contribution in [1.29, 1.82) is 0 Å². The molecular weight excluding hydrogens is 339 g/mol. The van der Waals surface area contributed by atoms with Crippen molar-refractivity contribution in [3.05, 3.63) is 59.7 Å².